The van der Waals surface area contributed by atoms with E-state index in [1.54, 1.807) is 60.7 Å². The minimum atomic E-state index is -1.23. The Bertz CT molecular complexity index is 2340. The molecule has 1 saturated carbocycles. The van der Waals surface area contributed by atoms with Gasteiger partial charge >= 0.3 is 0 Å². The molecule has 5 aromatic rings. The van der Waals surface area contributed by atoms with E-state index in [0.29, 0.717) is 44.9 Å². The van der Waals surface area contributed by atoms with E-state index < -0.39 is 35.0 Å². The number of phenols is 1. The van der Waals surface area contributed by atoms with E-state index in [1.165, 1.54) is 16.9 Å². The number of benzene rings is 4. The van der Waals surface area contributed by atoms with Crippen molar-refractivity contribution in [1.29, 1.82) is 0 Å². The molecule has 9 rings (SSSR count). The molecule has 2 aliphatic carbocycles. The molecule has 0 unspecified atom stereocenters. The van der Waals surface area contributed by atoms with Crippen molar-refractivity contribution in [3.05, 3.63) is 113 Å². The first-order chi connectivity index (χ1) is 25.1. The Kier molecular flexibility index (Phi) is 7.31. The number of allylic oxidation sites excluding steroid dienone is 2. The van der Waals surface area contributed by atoms with Crippen molar-refractivity contribution in [3.8, 4) is 23.0 Å². The lowest BCUT2D eigenvalue weighted by Crippen LogP contribution is -2.48. The molecule has 4 aliphatic rings. The van der Waals surface area contributed by atoms with Gasteiger partial charge in [-0.1, -0.05) is 42.0 Å². The number of amides is 4. The van der Waals surface area contributed by atoms with Gasteiger partial charge in [0.1, 0.15) is 5.52 Å². The third kappa shape index (κ3) is 4.51. The number of para-hydroxylation sites is 3. The molecule has 0 radical (unpaired) electrons. The number of carbonyl (C=O) groups is 4. The highest BCUT2D eigenvalue weighted by molar-refractivity contribution is 9.10. The van der Waals surface area contributed by atoms with Gasteiger partial charge in [0, 0.05) is 11.5 Å². The van der Waals surface area contributed by atoms with Crippen LogP contribution in [0.3, 0.4) is 0 Å². The normalized spacial score (nSPS) is 26.8. The number of phenolic OH excluding ortho intramolecular Hbond substituents is 1. The molecule has 10 nitrogen and oxygen atoms in total. The summed E-state index contributed by atoms with van der Waals surface area (Å²) in [5, 5.41) is 10.7. The maximum absolute atomic E-state index is 14.6. The van der Waals surface area contributed by atoms with Gasteiger partial charge in [0.2, 0.25) is 29.5 Å². The Balaban J connectivity index is 1.11. The Morgan fingerprint density at radius 1 is 0.865 bits per heavy atom. The molecule has 4 amide bonds. The number of ether oxygens (including phenoxy) is 1. The van der Waals surface area contributed by atoms with Crippen LogP contribution in [-0.4, -0.2) is 40.8 Å². The van der Waals surface area contributed by atoms with Gasteiger partial charge in [0.25, 0.3) is 0 Å². The van der Waals surface area contributed by atoms with E-state index in [9.17, 15) is 24.3 Å². The average molecular weight is 759 g/mol. The highest BCUT2D eigenvalue weighted by Gasteiger charge is 2.67. The predicted molar refractivity (Wildman–Crippen MR) is 195 cm³/mol. The Morgan fingerprint density at radius 3 is 2.31 bits per heavy atom. The van der Waals surface area contributed by atoms with Gasteiger partial charge in [-0.25, -0.2) is 9.88 Å². The fraction of sp³-hybridized carbons (Fsp3) is 0.244. The minimum absolute atomic E-state index is 0.0907. The standard InChI is InChI=1S/C41H32BrN3O7/c1-41-28(38(48)45(40(41)50)23-8-4-3-5-9-23)20-27-25(34(41)22-18-29(42)35(46)32(19-22)51-2)16-17-26-33(27)39(49)44(37(26)47)24-14-12-21(13-15-24)36-43-30-10-6-7-11-31(30)52-36/h3-16,18-19,26-28,33-34,46H,17,20H2,1-2H3/t26-,27+,28-,33-,34-,41+/m0/s1. The van der Waals surface area contributed by atoms with E-state index in [2.05, 4.69) is 20.9 Å². The second-order valence-electron chi connectivity index (χ2n) is 14.1. The molecular weight excluding hydrogens is 726 g/mol. The first-order valence-electron chi connectivity index (χ1n) is 17.2. The van der Waals surface area contributed by atoms with Crippen molar-refractivity contribution in [2.45, 2.75) is 25.7 Å². The monoisotopic (exact) mass is 757 g/mol. The molecule has 1 N–H and O–H groups in total. The first-order valence-corrected chi connectivity index (χ1v) is 17.9. The molecule has 2 aliphatic heterocycles. The SMILES string of the molecule is COc1cc([C@H]2C3=CC[C@@H]4C(=O)N(c5ccc(-c6nc7ccccc7o6)cc5)C(=O)[C@@H]4[C@@H]3C[C@H]3C(=O)N(c4ccccc4)C(=O)[C@@]23C)cc(Br)c1O. The predicted octanol–water partition coefficient (Wildman–Crippen LogP) is 7.41. The Morgan fingerprint density at radius 2 is 1.58 bits per heavy atom. The molecule has 1 aromatic heterocycles. The number of anilines is 2. The highest BCUT2D eigenvalue weighted by Crippen LogP contribution is 2.64. The second kappa shape index (κ2) is 11.7. The smallest absolute Gasteiger partial charge is 0.241 e. The summed E-state index contributed by atoms with van der Waals surface area (Å²) in [4.78, 5) is 64.8. The number of oxazole rings is 1. The summed E-state index contributed by atoms with van der Waals surface area (Å²) < 4.78 is 11.8. The van der Waals surface area contributed by atoms with Gasteiger partial charge in [0.05, 0.1) is 46.1 Å². The number of rotatable bonds is 5. The van der Waals surface area contributed by atoms with Crippen molar-refractivity contribution in [3.63, 3.8) is 0 Å². The lowest BCUT2D eigenvalue weighted by molar-refractivity contribution is -0.131. The van der Waals surface area contributed by atoms with Crippen LogP contribution in [0.25, 0.3) is 22.6 Å². The molecule has 2 saturated heterocycles. The number of aromatic nitrogens is 1. The topological polar surface area (TPSA) is 130 Å². The van der Waals surface area contributed by atoms with Crippen LogP contribution in [0.5, 0.6) is 11.5 Å². The van der Waals surface area contributed by atoms with Crippen molar-refractivity contribution >= 4 is 62.0 Å². The van der Waals surface area contributed by atoms with Crippen LogP contribution in [0.2, 0.25) is 0 Å². The van der Waals surface area contributed by atoms with Gasteiger partial charge in [-0.05, 0) is 108 Å². The van der Waals surface area contributed by atoms with Crippen LogP contribution in [-0.2, 0) is 19.2 Å². The number of carbonyl (C=O) groups excluding carboxylic acids is 4. The molecule has 0 bridgehead atoms. The van der Waals surface area contributed by atoms with Gasteiger partial charge in [-0.2, -0.15) is 0 Å². The third-order valence-corrected chi connectivity index (χ3v) is 12.2. The Labute approximate surface area is 306 Å². The lowest BCUT2D eigenvalue weighted by atomic mass is 9.51. The minimum Gasteiger partial charge on any atom is -0.503 e. The number of nitrogens with zero attached hydrogens (tertiary/aromatic N) is 3. The summed E-state index contributed by atoms with van der Waals surface area (Å²) in [6.45, 7) is 1.83. The number of methoxy groups -OCH3 is 1. The summed E-state index contributed by atoms with van der Waals surface area (Å²) in [6, 6.07) is 26.8. The zero-order valence-electron chi connectivity index (χ0n) is 28.2. The van der Waals surface area contributed by atoms with Gasteiger partial charge in [0.15, 0.2) is 17.1 Å². The molecule has 260 valence electrons. The molecule has 52 heavy (non-hydrogen) atoms. The van der Waals surface area contributed by atoms with Crippen molar-refractivity contribution in [2.75, 3.05) is 16.9 Å². The number of aromatic hydroxyl groups is 1. The molecule has 3 heterocycles. The lowest BCUT2D eigenvalue weighted by Gasteiger charge is -2.49. The van der Waals surface area contributed by atoms with Crippen LogP contribution in [0.1, 0.15) is 31.2 Å². The summed E-state index contributed by atoms with van der Waals surface area (Å²) in [5.41, 5.74) is 3.28. The van der Waals surface area contributed by atoms with Gasteiger partial charge in [-0.3, -0.25) is 24.1 Å². The first kappa shape index (κ1) is 32.4. The fourth-order valence-electron chi connectivity index (χ4n) is 9.14. The van der Waals surface area contributed by atoms with Crippen molar-refractivity contribution < 1.29 is 33.4 Å². The highest BCUT2D eigenvalue weighted by atomic mass is 79.9. The summed E-state index contributed by atoms with van der Waals surface area (Å²) in [5.74, 6) is -4.02. The zero-order valence-corrected chi connectivity index (χ0v) is 29.7. The van der Waals surface area contributed by atoms with E-state index >= 15 is 0 Å². The van der Waals surface area contributed by atoms with Gasteiger partial charge < -0.3 is 14.3 Å². The molecule has 11 heteroatoms. The number of halogens is 1. The third-order valence-electron chi connectivity index (χ3n) is 11.6. The molecule has 4 aromatic carbocycles. The fourth-order valence-corrected chi connectivity index (χ4v) is 9.60. The quantitative estimate of drug-likeness (QED) is 0.145. The van der Waals surface area contributed by atoms with E-state index in [1.807, 2.05) is 43.3 Å². The maximum atomic E-state index is 14.6. The van der Waals surface area contributed by atoms with E-state index in [0.717, 1.165) is 11.1 Å². The van der Waals surface area contributed by atoms with Gasteiger partial charge in [-0.15, -0.1) is 0 Å². The Hall–Kier alpha value is -5.55. The van der Waals surface area contributed by atoms with Crippen molar-refractivity contribution in [1.82, 2.24) is 4.98 Å². The molecule has 3 fully saturated rings. The molecule has 6 atom stereocenters. The van der Waals surface area contributed by atoms with E-state index in [4.69, 9.17) is 9.15 Å². The van der Waals surface area contributed by atoms with Crippen LogP contribution >= 0.6 is 15.9 Å². The largest absolute Gasteiger partial charge is 0.503 e. The molecule has 0 spiro atoms. The van der Waals surface area contributed by atoms with Crippen LogP contribution in [0, 0.1) is 29.1 Å². The van der Waals surface area contributed by atoms with Crippen LogP contribution in [0.4, 0.5) is 11.4 Å². The maximum Gasteiger partial charge on any atom is 0.241 e. The summed E-state index contributed by atoms with van der Waals surface area (Å²) in [7, 11) is 1.45. The summed E-state index contributed by atoms with van der Waals surface area (Å²) >= 11 is 3.46. The zero-order chi connectivity index (χ0) is 36.1. The van der Waals surface area contributed by atoms with Crippen LogP contribution < -0.4 is 14.5 Å². The second-order valence-corrected chi connectivity index (χ2v) is 15.0. The average Bonchev–Trinajstić information content (AvgIpc) is 3.76. The number of hydrogen-bond donors (Lipinski definition) is 1. The van der Waals surface area contributed by atoms with Crippen molar-refractivity contribution in [2.24, 2.45) is 29.1 Å². The number of hydrogen-bond acceptors (Lipinski definition) is 8. The number of fused-ring (bicyclic) bond motifs is 5. The molecular formula is C41H32BrN3O7. The van der Waals surface area contributed by atoms with E-state index in [-0.39, 0.29) is 41.5 Å². The van der Waals surface area contributed by atoms with Crippen LogP contribution in [0.15, 0.2) is 112 Å². The summed E-state index contributed by atoms with van der Waals surface area (Å²) in [6.07, 6.45) is 2.53. The number of imide groups is 2.